The molecule has 2 heterocycles. The van der Waals surface area contributed by atoms with Gasteiger partial charge in [-0.15, -0.1) is 0 Å². The molecule has 1 aromatic carbocycles. The molecule has 2 aromatic rings. The quantitative estimate of drug-likeness (QED) is 0.873. The molecule has 0 aliphatic carbocycles. The molecular weight excluding hydrogens is 288 g/mol. The maximum atomic E-state index is 12.4. The third kappa shape index (κ3) is 2.58. The standard InChI is InChI=1S/C15H16N2O3S/c1-19-12-7-10-4-6-17(9-11(10)8-13(12)20-2)15(18)14-3-5-16-21-14/h3,5,7-8H,4,6,9H2,1-2H3. The second-order valence-corrected chi connectivity index (χ2v) is 5.66. The fraction of sp³-hybridized carbons (Fsp3) is 0.333. The van der Waals surface area contributed by atoms with Crippen LogP contribution >= 0.6 is 11.5 Å². The topological polar surface area (TPSA) is 51.7 Å². The zero-order valence-electron chi connectivity index (χ0n) is 12.0. The molecule has 1 aliphatic heterocycles. The zero-order valence-corrected chi connectivity index (χ0v) is 12.8. The summed E-state index contributed by atoms with van der Waals surface area (Å²) in [5.41, 5.74) is 2.32. The van der Waals surface area contributed by atoms with Crippen LogP contribution in [0.1, 0.15) is 20.8 Å². The Labute approximate surface area is 127 Å². The van der Waals surface area contributed by atoms with Gasteiger partial charge in [0.15, 0.2) is 11.5 Å². The highest BCUT2D eigenvalue weighted by Gasteiger charge is 2.24. The van der Waals surface area contributed by atoms with E-state index in [-0.39, 0.29) is 5.91 Å². The molecule has 0 bridgehead atoms. The molecule has 0 fully saturated rings. The molecule has 1 amide bonds. The summed E-state index contributed by atoms with van der Waals surface area (Å²) in [6.07, 6.45) is 2.48. The van der Waals surface area contributed by atoms with Crippen LogP contribution in [-0.2, 0) is 13.0 Å². The highest BCUT2D eigenvalue weighted by molar-refractivity contribution is 7.08. The van der Waals surface area contributed by atoms with Crippen molar-refractivity contribution in [3.05, 3.63) is 40.4 Å². The molecule has 3 rings (SSSR count). The molecular formula is C15H16N2O3S. The van der Waals surface area contributed by atoms with Crippen molar-refractivity contribution in [1.82, 2.24) is 9.27 Å². The second kappa shape index (κ2) is 5.73. The van der Waals surface area contributed by atoms with Crippen molar-refractivity contribution in [1.29, 1.82) is 0 Å². The van der Waals surface area contributed by atoms with Crippen LogP contribution in [-0.4, -0.2) is 35.9 Å². The monoisotopic (exact) mass is 304 g/mol. The zero-order chi connectivity index (χ0) is 14.8. The summed E-state index contributed by atoms with van der Waals surface area (Å²) >= 11 is 1.23. The minimum atomic E-state index is 0.0398. The van der Waals surface area contributed by atoms with Crippen molar-refractivity contribution < 1.29 is 14.3 Å². The van der Waals surface area contributed by atoms with Gasteiger partial charge in [0, 0.05) is 19.3 Å². The number of nitrogens with zero attached hydrogens (tertiary/aromatic N) is 2. The average Bonchev–Trinajstić information content (AvgIpc) is 3.06. The molecule has 1 aromatic heterocycles. The predicted octanol–water partition coefficient (Wildman–Crippen LogP) is 2.36. The number of rotatable bonds is 3. The molecule has 1 aliphatic rings. The molecule has 0 atom stereocenters. The number of hydrogen-bond acceptors (Lipinski definition) is 5. The molecule has 0 radical (unpaired) electrons. The minimum Gasteiger partial charge on any atom is -0.493 e. The summed E-state index contributed by atoms with van der Waals surface area (Å²) in [6.45, 7) is 1.30. The molecule has 5 nitrogen and oxygen atoms in total. The van der Waals surface area contributed by atoms with E-state index >= 15 is 0 Å². The number of hydrogen-bond donors (Lipinski definition) is 0. The first kappa shape index (κ1) is 13.9. The number of amides is 1. The summed E-state index contributed by atoms with van der Waals surface area (Å²) in [4.78, 5) is 14.9. The van der Waals surface area contributed by atoms with Crippen molar-refractivity contribution in [2.24, 2.45) is 0 Å². The molecule has 110 valence electrons. The molecule has 21 heavy (non-hydrogen) atoms. The van der Waals surface area contributed by atoms with Gasteiger partial charge in [0.05, 0.1) is 14.2 Å². The lowest BCUT2D eigenvalue weighted by atomic mass is 9.98. The number of aromatic nitrogens is 1. The lowest BCUT2D eigenvalue weighted by Gasteiger charge is -2.29. The van der Waals surface area contributed by atoms with Crippen LogP contribution in [0.25, 0.3) is 0 Å². The van der Waals surface area contributed by atoms with Gasteiger partial charge in [-0.1, -0.05) is 0 Å². The van der Waals surface area contributed by atoms with Gasteiger partial charge in [0.2, 0.25) is 0 Å². The van der Waals surface area contributed by atoms with E-state index in [4.69, 9.17) is 9.47 Å². The normalized spacial score (nSPS) is 13.7. The Hall–Kier alpha value is -2.08. The fourth-order valence-corrected chi connectivity index (χ4v) is 3.10. The van der Waals surface area contributed by atoms with Gasteiger partial charge in [0.25, 0.3) is 5.91 Å². The van der Waals surface area contributed by atoms with E-state index < -0.39 is 0 Å². The van der Waals surface area contributed by atoms with E-state index in [0.717, 1.165) is 17.7 Å². The molecule has 0 unspecified atom stereocenters. The SMILES string of the molecule is COc1cc2c(cc1OC)CN(C(=O)c1ccns1)CC2. The lowest BCUT2D eigenvalue weighted by molar-refractivity contribution is 0.0739. The first-order valence-corrected chi connectivity index (χ1v) is 7.44. The summed E-state index contributed by atoms with van der Waals surface area (Å²) < 4.78 is 14.6. The summed E-state index contributed by atoms with van der Waals surface area (Å²) in [7, 11) is 3.25. The Kier molecular flexibility index (Phi) is 3.79. The third-order valence-corrected chi connectivity index (χ3v) is 4.39. The van der Waals surface area contributed by atoms with E-state index in [9.17, 15) is 4.79 Å². The largest absolute Gasteiger partial charge is 0.493 e. The van der Waals surface area contributed by atoms with Gasteiger partial charge in [0.1, 0.15) is 4.88 Å². The van der Waals surface area contributed by atoms with Gasteiger partial charge in [-0.2, -0.15) is 0 Å². The number of ether oxygens (including phenoxy) is 2. The Morgan fingerprint density at radius 1 is 1.24 bits per heavy atom. The van der Waals surface area contributed by atoms with Gasteiger partial charge in [-0.3, -0.25) is 4.79 Å². The number of carbonyl (C=O) groups is 1. The smallest absolute Gasteiger partial charge is 0.265 e. The number of methoxy groups -OCH3 is 2. The van der Waals surface area contributed by atoms with E-state index in [0.29, 0.717) is 23.7 Å². The number of carbonyl (C=O) groups excluding carboxylic acids is 1. The van der Waals surface area contributed by atoms with E-state index in [2.05, 4.69) is 4.37 Å². The molecule has 0 saturated carbocycles. The summed E-state index contributed by atoms with van der Waals surface area (Å²) in [5, 5.41) is 0. The lowest BCUT2D eigenvalue weighted by Crippen LogP contribution is -2.35. The first-order chi connectivity index (χ1) is 10.2. The number of fused-ring (bicyclic) bond motifs is 1. The van der Waals surface area contributed by atoms with Crippen molar-refractivity contribution in [3.8, 4) is 11.5 Å². The van der Waals surface area contributed by atoms with Gasteiger partial charge in [-0.05, 0) is 47.3 Å². The summed E-state index contributed by atoms with van der Waals surface area (Å²) in [5.74, 6) is 1.47. The van der Waals surface area contributed by atoms with Crippen molar-refractivity contribution in [2.75, 3.05) is 20.8 Å². The minimum absolute atomic E-state index is 0.0398. The maximum absolute atomic E-state index is 12.4. The fourth-order valence-electron chi connectivity index (χ4n) is 2.54. The highest BCUT2D eigenvalue weighted by atomic mass is 32.1. The van der Waals surface area contributed by atoms with Crippen LogP contribution in [0.15, 0.2) is 24.4 Å². The maximum Gasteiger partial charge on any atom is 0.265 e. The van der Waals surface area contributed by atoms with Gasteiger partial charge >= 0.3 is 0 Å². The molecule has 0 N–H and O–H groups in total. The summed E-state index contributed by atoms with van der Waals surface area (Å²) in [6, 6.07) is 5.72. The Morgan fingerprint density at radius 3 is 2.57 bits per heavy atom. The first-order valence-electron chi connectivity index (χ1n) is 6.66. The highest BCUT2D eigenvalue weighted by Crippen LogP contribution is 2.33. The molecule has 0 saturated heterocycles. The average molecular weight is 304 g/mol. The molecule has 6 heteroatoms. The van der Waals surface area contributed by atoms with Crippen molar-refractivity contribution >= 4 is 17.4 Å². The van der Waals surface area contributed by atoms with Gasteiger partial charge < -0.3 is 14.4 Å². The van der Waals surface area contributed by atoms with Crippen LogP contribution in [0.3, 0.4) is 0 Å². The Morgan fingerprint density at radius 2 is 1.95 bits per heavy atom. The van der Waals surface area contributed by atoms with E-state index in [1.165, 1.54) is 17.1 Å². The van der Waals surface area contributed by atoms with E-state index in [1.807, 2.05) is 17.0 Å². The third-order valence-electron chi connectivity index (χ3n) is 3.65. The number of benzene rings is 1. The predicted molar refractivity (Wildman–Crippen MR) is 80.1 cm³/mol. The Bertz CT molecular complexity index is 655. The molecule has 0 spiro atoms. The van der Waals surface area contributed by atoms with Crippen LogP contribution in [0, 0.1) is 0 Å². The van der Waals surface area contributed by atoms with Crippen LogP contribution < -0.4 is 9.47 Å². The van der Waals surface area contributed by atoms with Crippen LogP contribution in [0.2, 0.25) is 0 Å². The van der Waals surface area contributed by atoms with Crippen molar-refractivity contribution in [2.45, 2.75) is 13.0 Å². The van der Waals surface area contributed by atoms with Crippen molar-refractivity contribution in [3.63, 3.8) is 0 Å². The Balaban J connectivity index is 1.86. The van der Waals surface area contributed by atoms with E-state index in [1.54, 1.807) is 26.5 Å². The van der Waals surface area contributed by atoms with Crippen LogP contribution in [0.4, 0.5) is 0 Å². The second-order valence-electron chi connectivity index (χ2n) is 4.83. The van der Waals surface area contributed by atoms with Crippen LogP contribution in [0.5, 0.6) is 11.5 Å². The van der Waals surface area contributed by atoms with Gasteiger partial charge in [-0.25, -0.2) is 4.37 Å².